The molecule has 1 heterocycles. The minimum Gasteiger partial charge on any atom is -0.398 e. The van der Waals surface area contributed by atoms with E-state index in [1.807, 2.05) is 0 Å². The van der Waals surface area contributed by atoms with Crippen LogP contribution in [0.3, 0.4) is 0 Å². The lowest BCUT2D eigenvalue weighted by Gasteiger charge is -2.28. The molecule has 2 rings (SSSR count). The fourth-order valence-electron chi connectivity index (χ4n) is 2.51. The Morgan fingerprint density at radius 2 is 2.15 bits per heavy atom. The first-order chi connectivity index (χ1) is 9.56. The average Bonchev–Trinajstić information content (AvgIpc) is 2.44. The summed E-state index contributed by atoms with van der Waals surface area (Å²) < 4.78 is 0.764. The molecule has 0 aliphatic carbocycles. The summed E-state index contributed by atoms with van der Waals surface area (Å²) in [6.07, 6.45) is 3.54. The van der Waals surface area contributed by atoms with Crippen molar-refractivity contribution in [3.05, 3.63) is 28.2 Å². The third-order valence-electron chi connectivity index (χ3n) is 3.94. The van der Waals surface area contributed by atoms with Crippen LogP contribution in [0.2, 0.25) is 0 Å². The highest BCUT2D eigenvalue weighted by Gasteiger charge is 2.16. The van der Waals surface area contributed by atoms with Crippen LogP contribution in [0, 0.1) is 5.92 Å². The zero-order valence-electron chi connectivity index (χ0n) is 11.9. The molecule has 20 heavy (non-hydrogen) atoms. The number of benzene rings is 1. The van der Waals surface area contributed by atoms with Crippen LogP contribution < -0.4 is 11.1 Å². The Labute approximate surface area is 128 Å². The molecule has 1 saturated heterocycles. The van der Waals surface area contributed by atoms with E-state index < -0.39 is 0 Å². The van der Waals surface area contributed by atoms with Crippen LogP contribution in [-0.2, 0) is 0 Å². The van der Waals surface area contributed by atoms with Gasteiger partial charge >= 0.3 is 0 Å². The van der Waals surface area contributed by atoms with Crippen LogP contribution in [-0.4, -0.2) is 37.5 Å². The summed E-state index contributed by atoms with van der Waals surface area (Å²) in [6, 6.07) is 5.27. The second-order valence-electron chi connectivity index (χ2n) is 5.53. The van der Waals surface area contributed by atoms with Crippen molar-refractivity contribution in [2.24, 2.45) is 5.92 Å². The Hall–Kier alpha value is -1.07. The minimum atomic E-state index is -0.0290. The van der Waals surface area contributed by atoms with E-state index in [9.17, 15) is 4.79 Å². The van der Waals surface area contributed by atoms with Gasteiger partial charge in [-0.2, -0.15) is 0 Å². The maximum atomic E-state index is 12.0. The molecule has 110 valence electrons. The molecule has 5 heteroatoms. The number of piperidine rings is 1. The van der Waals surface area contributed by atoms with E-state index in [4.69, 9.17) is 5.73 Å². The fourth-order valence-corrected chi connectivity index (χ4v) is 2.89. The van der Waals surface area contributed by atoms with Crippen molar-refractivity contribution in [3.63, 3.8) is 0 Å². The molecule has 1 aliphatic rings. The Kier molecular flexibility index (Phi) is 5.43. The monoisotopic (exact) mass is 339 g/mol. The van der Waals surface area contributed by atoms with Crippen LogP contribution in [0.25, 0.3) is 0 Å². The van der Waals surface area contributed by atoms with Crippen LogP contribution in [0.5, 0.6) is 0 Å². The molecule has 0 atom stereocenters. The number of carbonyl (C=O) groups is 1. The van der Waals surface area contributed by atoms with Crippen molar-refractivity contribution >= 4 is 27.5 Å². The zero-order valence-corrected chi connectivity index (χ0v) is 13.4. The van der Waals surface area contributed by atoms with E-state index >= 15 is 0 Å². The maximum absolute atomic E-state index is 12.0. The van der Waals surface area contributed by atoms with Gasteiger partial charge in [-0.1, -0.05) is 0 Å². The van der Waals surface area contributed by atoms with Gasteiger partial charge in [0.1, 0.15) is 0 Å². The van der Waals surface area contributed by atoms with Gasteiger partial charge in [-0.05, 0) is 79.4 Å². The molecule has 1 aromatic carbocycles. The molecule has 3 N–H and O–H groups in total. The number of hydrogen-bond donors (Lipinski definition) is 2. The summed E-state index contributed by atoms with van der Waals surface area (Å²) in [5.74, 6) is 0.711. The number of anilines is 1. The second-order valence-corrected chi connectivity index (χ2v) is 6.38. The second kappa shape index (κ2) is 7.09. The molecule has 4 nitrogen and oxygen atoms in total. The van der Waals surface area contributed by atoms with Crippen molar-refractivity contribution in [3.8, 4) is 0 Å². The van der Waals surface area contributed by atoms with Gasteiger partial charge in [0.2, 0.25) is 0 Å². The topological polar surface area (TPSA) is 58.4 Å². The quantitative estimate of drug-likeness (QED) is 0.828. The molecule has 0 bridgehead atoms. The summed E-state index contributed by atoms with van der Waals surface area (Å²) in [4.78, 5) is 14.4. The van der Waals surface area contributed by atoms with Crippen LogP contribution in [0.1, 0.15) is 29.6 Å². The molecule has 1 aromatic rings. The van der Waals surface area contributed by atoms with Gasteiger partial charge in [-0.15, -0.1) is 0 Å². The zero-order chi connectivity index (χ0) is 14.5. The van der Waals surface area contributed by atoms with Gasteiger partial charge in [-0.25, -0.2) is 0 Å². The summed E-state index contributed by atoms with van der Waals surface area (Å²) in [6.45, 7) is 3.09. The molecule has 0 spiro atoms. The Morgan fingerprint density at radius 1 is 1.45 bits per heavy atom. The molecule has 0 aromatic heterocycles. The normalized spacial score (nSPS) is 17.1. The van der Waals surface area contributed by atoms with Gasteiger partial charge in [0.05, 0.1) is 0 Å². The lowest BCUT2D eigenvalue weighted by molar-refractivity contribution is 0.0949. The van der Waals surface area contributed by atoms with E-state index in [2.05, 4.69) is 33.2 Å². The Balaban J connectivity index is 1.76. The number of nitrogen functional groups attached to an aromatic ring is 1. The van der Waals surface area contributed by atoms with Gasteiger partial charge in [-0.3, -0.25) is 4.79 Å². The van der Waals surface area contributed by atoms with E-state index in [-0.39, 0.29) is 5.91 Å². The predicted molar refractivity (Wildman–Crippen MR) is 85.7 cm³/mol. The molecule has 0 unspecified atom stereocenters. The molecule has 0 saturated carbocycles. The van der Waals surface area contributed by atoms with E-state index in [1.165, 1.54) is 25.9 Å². The van der Waals surface area contributed by atoms with E-state index in [0.29, 0.717) is 11.3 Å². The first kappa shape index (κ1) is 15.3. The SMILES string of the molecule is CN1CCC(CCNC(=O)c2ccc(N)c(Br)c2)CC1. The van der Waals surface area contributed by atoms with Gasteiger partial charge in [0.25, 0.3) is 5.91 Å². The number of nitrogens with zero attached hydrogens (tertiary/aromatic N) is 1. The number of nitrogens with two attached hydrogens (primary N) is 1. The van der Waals surface area contributed by atoms with Gasteiger partial charge in [0.15, 0.2) is 0 Å². The van der Waals surface area contributed by atoms with Crippen molar-refractivity contribution in [1.82, 2.24) is 10.2 Å². The number of likely N-dealkylation sites (tertiary alicyclic amines) is 1. The molecular weight excluding hydrogens is 318 g/mol. The highest BCUT2D eigenvalue weighted by molar-refractivity contribution is 9.10. The minimum absolute atomic E-state index is 0.0290. The van der Waals surface area contributed by atoms with Crippen LogP contribution >= 0.6 is 15.9 Å². The summed E-state index contributed by atoms with van der Waals surface area (Å²) in [5, 5.41) is 2.99. The molecule has 0 radical (unpaired) electrons. The van der Waals surface area contributed by atoms with E-state index in [0.717, 1.165) is 23.4 Å². The highest BCUT2D eigenvalue weighted by atomic mass is 79.9. The molecular formula is C15H22BrN3O. The smallest absolute Gasteiger partial charge is 0.251 e. The predicted octanol–water partition coefficient (Wildman–Crippen LogP) is 2.49. The van der Waals surface area contributed by atoms with Crippen LogP contribution in [0.15, 0.2) is 22.7 Å². The summed E-state index contributed by atoms with van der Waals surface area (Å²) in [5.41, 5.74) is 7.01. The molecule has 1 fully saturated rings. The number of amides is 1. The first-order valence-corrected chi connectivity index (χ1v) is 7.87. The number of carbonyl (C=O) groups excluding carboxylic acids is 1. The molecule has 1 amide bonds. The largest absolute Gasteiger partial charge is 0.398 e. The summed E-state index contributed by atoms with van der Waals surface area (Å²) >= 11 is 3.34. The van der Waals surface area contributed by atoms with E-state index in [1.54, 1.807) is 18.2 Å². The average molecular weight is 340 g/mol. The maximum Gasteiger partial charge on any atom is 0.251 e. The lowest BCUT2D eigenvalue weighted by Crippen LogP contribution is -2.32. The number of nitrogens with one attached hydrogen (secondary N) is 1. The van der Waals surface area contributed by atoms with Crippen LogP contribution in [0.4, 0.5) is 5.69 Å². The first-order valence-electron chi connectivity index (χ1n) is 7.08. The third-order valence-corrected chi connectivity index (χ3v) is 4.63. The van der Waals surface area contributed by atoms with Crippen molar-refractivity contribution in [2.75, 3.05) is 32.4 Å². The van der Waals surface area contributed by atoms with Gasteiger partial charge in [0, 0.05) is 22.3 Å². The Morgan fingerprint density at radius 3 is 2.80 bits per heavy atom. The number of hydrogen-bond acceptors (Lipinski definition) is 3. The standard InChI is InChI=1S/C15H22BrN3O/c1-19-8-5-11(6-9-19)4-7-18-15(20)12-2-3-14(17)13(16)10-12/h2-3,10-11H,4-9,17H2,1H3,(H,18,20). The number of rotatable bonds is 4. The van der Waals surface area contributed by atoms with Crippen molar-refractivity contribution in [2.45, 2.75) is 19.3 Å². The Bertz CT molecular complexity index is 470. The lowest BCUT2D eigenvalue weighted by atomic mass is 9.94. The third kappa shape index (κ3) is 4.21. The fraction of sp³-hybridized carbons (Fsp3) is 0.533. The highest BCUT2D eigenvalue weighted by Crippen LogP contribution is 2.21. The van der Waals surface area contributed by atoms with Gasteiger partial charge < -0.3 is 16.0 Å². The van der Waals surface area contributed by atoms with Crippen molar-refractivity contribution in [1.29, 1.82) is 0 Å². The number of halogens is 1. The van der Waals surface area contributed by atoms with Crippen molar-refractivity contribution < 1.29 is 4.79 Å². The summed E-state index contributed by atoms with van der Waals surface area (Å²) in [7, 11) is 2.16. The molecule has 1 aliphatic heterocycles.